The van der Waals surface area contributed by atoms with Crippen molar-refractivity contribution in [3.63, 3.8) is 0 Å². The molecule has 1 saturated heterocycles. The van der Waals surface area contributed by atoms with E-state index in [1.54, 1.807) is 0 Å². The topological polar surface area (TPSA) is 0 Å². The molecule has 0 nitrogen and oxygen atoms in total. The number of hydrogen-bond acceptors (Lipinski definition) is 0. The van der Waals surface area contributed by atoms with E-state index in [4.69, 9.17) is 0 Å². The Hall–Kier alpha value is 5.58. The first kappa shape index (κ1) is 69.8. The Morgan fingerprint density at radius 3 is 0.960 bits per heavy atom. The van der Waals surface area contributed by atoms with E-state index in [1.165, 1.54) is 19.3 Å². The molecule has 1 fully saturated rings. The van der Waals surface area contributed by atoms with E-state index >= 15 is 0 Å². The predicted molar refractivity (Wildman–Crippen MR) is 107 cm³/mol. The van der Waals surface area contributed by atoms with Crippen molar-refractivity contribution in [1.29, 1.82) is 0 Å². The molecule has 0 unspecified atom stereocenters. The van der Waals surface area contributed by atoms with Crippen LogP contribution in [0.2, 0.25) is 17.5 Å². The van der Waals surface area contributed by atoms with Crippen LogP contribution < -0.4 is 0 Å². The first-order chi connectivity index (χ1) is 8.13. The second-order valence-corrected chi connectivity index (χ2v) is 3.79. The molecule has 0 aromatic heterocycles. The molecule has 145 valence electrons. The van der Waals surface area contributed by atoms with Gasteiger partial charge in [0.05, 0.1) is 0 Å². The van der Waals surface area contributed by atoms with E-state index < -0.39 is 0 Å². The van der Waals surface area contributed by atoms with Crippen LogP contribution in [0.3, 0.4) is 0 Å². The smallest absolute Gasteiger partial charge is 0.0265 e. The maximum absolute atomic E-state index is 4.13. The summed E-state index contributed by atoms with van der Waals surface area (Å²) >= 11 is 0. The minimum Gasteiger partial charge on any atom is -0.376 e. The van der Waals surface area contributed by atoms with E-state index in [-0.39, 0.29) is 192 Å². The molecular weight excluding hydrogens is 684 g/mol. The first-order valence-corrected chi connectivity index (χ1v) is 7.45. The van der Waals surface area contributed by atoms with Gasteiger partial charge in [-0.05, 0) is 0 Å². The molecule has 0 aromatic rings. The molecule has 1 rings (SSSR count). The van der Waals surface area contributed by atoms with Crippen molar-refractivity contribution in [3.05, 3.63) is 27.7 Å². The van der Waals surface area contributed by atoms with Crippen LogP contribution in [-0.4, -0.2) is 6.71 Å². The molecule has 0 N–H and O–H groups in total. The standard InChI is InChI=1S/C10H17B.3C2H6.3CH4.5Y/c1-8(2)11-9(3)6-5-7-10(11)4;3*1-2;;;;;;;;/h8-10H,1-7H2;3*1-2H3;3*1H4;;;;;/q-4;;;;;;;;;;;/t9-,10+;;;;;;;;;;;. The van der Waals surface area contributed by atoms with E-state index in [0.717, 1.165) is 0 Å². The van der Waals surface area contributed by atoms with Gasteiger partial charge in [0.2, 0.25) is 0 Å². The maximum atomic E-state index is 4.13. The summed E-state index contributed by atoms with van der Waals surface area (Å²) in [5.74, 6) is 1.33. The fourth-order valence-corrected chi connectivity index (χ4v) is 2.18. The second kappa shape index (κ2) is 57.0. The molecule has 1 aliphatic heterocycles. The van der Waals surface area contributed by atoms with Crippen molar-refractivity contribution in [2.45, 2.75) is 101 Å². The van der Waals surface area contributed by atoms with E-state index in [9.17, 15) is 0 Å². The van der Waals surface area contributed by atoms with Crippen LogP contribution in [-0.2, 0) is 164 Å². The molecule has 5 radical (unpaired) electrons. The van der Waals surface area contributed by atoms with Gasteiger partial charge in [0.25, 0.3) is 0 Å². The zero-order chi connectivity index (χ0) is 14.4. The van der Waals surface area contributed by atoms with Gasteiger partial charge in [-0.1, -0.05) is 83.1 Å². The van der Waals surface area contributed by atoms with Crippen LogP contribution >= 0.6 is 0 Å². The summed E-state index contributed by atoms with van der Waals surface area (Å²) in [5, 5.41) is 0. The third-order valence-corrected chi connectivity index (χ3v) is 2.78. The molecule has 0 aliphatic carbocycles. The summed E-state index contributed by atoms with van der Waals surface area (Å²) in [4.78, 5) is 0. The van der Waals surface area contributed by atoms with Crippen molar-refractivity contribution in [2.24, 2.45) is 0 Å². The molecular formula is C19H47BY5-4. The van der Waals surface area contributed by atoms with Crippen molar-refractivity contribution in [2.75, 3.05) is 0 Å². The zero-order valence-corrected chi connectivity index (χ0v) is 30.3. The van der Waals surface area contributed by atoms with Gasteiger partial charge in [-0.3, -0.25) is 0 Å². The zero-order valence-electron chi connectivity index (χ0n) is 16.1. The normalized spacial score (nSPS) is 15.2. The fraction of sp³-hybridized carbons (Fsp3) is 0.789. The van der Waals surface area contributed by atoms with Gasteiger partial charge < -0.3 is 33.5 Å². The quantitative estimate of drug-likeness (QED) is 0.189. The van der Waals surface area contributed by atoms with E-state index in [1.807, 2.05) is 41.5 Å². The van der Waals surface area contributed by atoms with Gasteiger partial charge in [-0.15, -0.1) is 0 Å². The van der Waals surface area contributed by atoms with Crippen molar-refractivity contribution in [3.8, 4) is 0 Å². The largest absolute Gasteiger partial charge is 0.376 e. The van der Waals surface area contributed by atoms with Crippen molar-refractivity contribution < 1.29 is 164 Å². The summed E-state index contributed by atoms with van der Waals surface area (Å²) in [7, 11) is 0. The third kappa shape index (κ3) is 40.5. The number of hydrogen-bond donors (Lipinski definition) is 0. The maximum Gasteiger partial charge on any atom is 0.0265 e. The minimum absolute atomic E-state index is 0. The molecule has 0 saturated carbocycles. The van der Waals surface area contributed by atoms with Crippen LogP contribution in [0.4, 0.5) is 0 Å². The van der Waals surface area contributed by atoms with Crippen LogP contribution in [0.5, 0.6) is 0 Å². The average molecular weight is 731 g/mol. The second-order valence-electron chi connectivity index (χ2n) is 3.79. The van der Waals surface area contributed by atoms with Gasteiger partial charge in [-0.2, -0.15) is 11.6 Å². The van der Waals surface area contributed by atoms with Crippen LogP contribution in [0.25, 0.3) is 0 Å². The SMILES string of the molecule is C.C.C.CC.CC.CC.[CH2-]C([CH2-])B1[C@H]([CH2-])CCC[C@@H]1[CH2-].[Y].[Y].[Y].[Y].[Y]. The predicted octanol–water partition coefficient (Wildman–Crippen LogP) is 8.09. The summed E-state index contributed by atoms with van der Waals surface area (Å²) in [5.41, 5.74) is 0. The van der Waals surface area contributed by atoms with Gasteiger partial charge in [0.1, 0.15) is 0 Å². The molecule has 0 aromatic carbocycles. The summed E-state index contributed by atoms with van der Waals surface area (Å²) in [6, 6.07) is 0. The van der Waals surface area contributed by atoms with Gasteiger partial charge in [0.15, 0.2) is 0 Å². The summed E-state index contributed by atoms with van der Waals surface area (Å²) in [6.45, 7) is 28.8. The van der Waals surface area contributed by atoms with Crippen LogP contribution in [0, 0.1) is 27.7 Å². The Bertz CT molecular complexity index is 129. The summed E-state index contributed by atoms with van der Waals surface area (Å²) in [6.07, 6.45) is 3.75. The Labute approximate surface area is 292 Å². The van der Waals surface area contributed by atoms with Crippen molar-refractivity contribution in [1.82, 2.24) is 0 Å². The molecule has 0 spiro atoms. The number of rotatable bonds is 1. The molecule has 6 heteroatoms. The van der Waals surface area contributed by atoms with E-state index in [2.05, 4.69) is 27.7 Å². The molecule has 25 heavy (non-hydrogen) atoms. The Kier molecular flexibility index (Phi) is 159. The van der Waals surface area contributed by atoms with Gasteiger partial charge in [0, 0.05) is 170 Å². The van der Waals surface area contributed by atoms with Crippen LogP contribution in [0.1, 0.15) is 83.1 Å². The molecule has 0 amide bonds. The van der Waals surface area contributed by atoms with E-state index in [0.29, 0.717) is 18.3 Å². The van der Waals surface area contributed by atoms with Crippen molar-refractivity contribution >= 4 is 6.71 Å². The Balaban J connectivity index is -0.0000000143. The molecule has 1 aliphatic rings. The monoisotopic (exact) mass is 731 g/mol. The first-order valence-electron chi connectivity index (χ1n) is 7.45. The minimum atomic E-state index is 0. The Morgan fingerprint density at radius 2 is 0.840 bits per heavy atom. The fourth-order valence-electron chi connectivity index (χ4n) is 2.18. The average Bonchev–Trinajstić information content (AvgIpc) is 2.36. The Morgan fingerprint density at radius 1 is 0.640 bits per heavy atom. The molecule has 1 heterocycles. The molecule has 0 bridgehead atoms. The van der Waals surface area contributed by atoms with Gasteiger partial charge in [-0.25, -0.2) is 0 Å². The van der Waals surface area contributed by atoms with Gasteiger partial charge >= 0.3 is 0 Å². The van der Waals surface area contributed by atoms with Crippen LogP contribution in [0.15, 0.2) is 0 Å². The molecule has 2 atom stereocenters. The third-order valence-electron chi connectivity index (χ3n) is 2.78. The summed E-state index contributed by atoms with van der Waals surface area (Å²) < 4.78 is 0.